The van der Waals surface area contributed by atoms with Crippen LogP contribution in [-0.4, -0.2) is 44.9 Å². The molecule has 2 N–H and O–H groups in total. The first-order chi connectivity index (χ1) is 18.8. The lowest BCUT2D eigenvalue weighted by molar-refractivity contribution is -0.137. The number of hydrogen-bond donors (Lipinski definition) is 2. The summed E-state index contributed by atoms with van der Waals surface area (Å²) in [5.41, 5.74) is 5.51. The number of carboxylic acids is 1. The largest absolute Gasteiger partial charge is 0.497 e. The summed E-state index contributed by atoms with van der Waals surface area (Å²) in [4.78, 5) is 23.8. The van der Waals surface area contributed by atoms with Crippen molar-refractivity contribution < 1.29 is 38.1 Å². The smallest absolute Gasteiger partial charge is 0.306 e. The van der Waals surface area contributed by atoms with Crippen LogP contribution in [-0.2, 0) is 16.1 Å². The number of rotatable bonds is 12. The van der Waals surface area contributed by atoms with E-state index in [0.717, 1.165) is 33.4 Å². The Bertz CT molecular complexity index is 1390. The van der Waals surface area contributed by atoms with Gasteiger partial charge >= 0.3 is 5.97 Å². The monoisotopic (exact) mass is 533 g/mol. The van der Waals surface area contributed by atoms with Crippen molar-refractivity contribution >= 4 is 29.1 Å². The fourth-order valence-corrected chi connectivity index (χ4v) is 4.47. The van der Waals surface area contributed by atoms with Crippen LogP contribution in [0.3, 0.4) is 0 Å². The van der Waals surface area contributed by atoms with Gasteiger partial charge in [0.2, 0.25) is 11.7 Å². The van der Waals surface area contributed by atoms with Gasteiger partial charge in [0.05, 0.1) is 53.6 Å². The summed E-state index contributed by atoms with van der Waals surface area (Å²) < 4.78 is 27.5. The van der Waals surface area contributed by atoms with Crippen molar-refractivity contribution in [1.29, 1.82) is 0 Å². The number of ether oxygens (including phenoxy) is 4. The van der Waals surface area contributed by atoms with E-state index in [0.29, 0.717) is 35.3 Å². The molecular formula is C30H31NO8. The van der Waals surface area contributed by atoms with Gasteiger partial charge in [-0.05, 0) is 82.8 Å². The number of allylic oxidation sites excluding steroid dienone is 2. The van der Waals surface area contributed by atoms with Gasteiger partial charge in [-0.1, -0.05) is 6.07 Å². The van der Waals surface area contributed by atoms with Gasteiger partial charge in [0.1, 0.15) is 11.5 Å². The molecule has 1 aromatic heterocycles. The van der Waals surface area contributed by atoms with Crippen molar-refractivity contribution in [1.82, 2.24) is 5.32 Å². The Balaban J connectivity index is 1.69. The summed E-state index contributed by atoms with van der Waals surface area (Å²) in [7, 11) is 4.63. The molecule has 204 valence electrons. The van der Waals surface area contributed by atoms with Crippen molar-refractivity contribution in [3.8, 4) is 23.0 Å². The van der Waals surface area contributed by atoms with E-state index in [1.54, 1.807) is 31.6 Å². The molecule has 9 nitrogen and oxygen atoms in total. The topological polar surface area (TPSA) is 116 Å². The highest BCUT2D eigenvalue weighted by Gasteiger charge is 2.26. The molecule has 0 saturated carbocycles. The zero-order valence-corrected chi connectivity index (χ0v) is 22.3. The molecule has 0 aliphatic heterocycles. The molecule has 0 atom stereocenters. The summed E-state index contributed by atoms with van der Waals surface area (Å²) in [6.07, 6.45) is 3.61. The number of aliphatic carboxylic acids is 1. The fraction of sp³-hybridized carbons (Fsp3) is 0.267. The number of hydrogen-bond acceptors (Lipinski definition) is 7. The van der Waals surface area contributed by atoms with E-state index in [1.807, 2.05) is 37.3 Å². The van der Waals surface area contributed by atoms with Crippen LogP contribution in [0.2, 0.25) is 0 Å². The SMILES string of the molecule is COc1ccc2c(c1)C(CC(=O)NCc1ccco1)=C(C)/C2=C/c1cc(OC)c(OCCC(=O)O)c(OC)c1. The van der Waals surface area contributed by atoms with E-state index in [4.69, 9.17) is 28.5 Å². The first kappa shape index (κ1) is 27.4. The van der Waals surface area contributed by atoms with Crippen LogP contribution in [0.15, 0.2) is 58.7 Å². The maximum Gasteiger partial charge on any atom is 0.306 e. The number of carbonyl (C=O) groups excluding carboxylic acids is 1. The van der Waals surface area contributed by atoms with Gasteiger partial charge in [-0.25, -0.2) is 0 Å². The van der Waals surface area contributed by atoms with Crippen molar-refractivity contribution in [3.05, 3.63) is 76.8 Å². The molecule has 1 aliphatic carbocycles. The van der Waals surface area contributed by atoms with Crippen molar-refractivity contribution in [3.63, 3.8) is 0 Å². The molecule has 1 heterocycles. The van der Waals surface area contributed by atoms with Crippen molar-refractivity contribution in [2.24, 2.45) is 0 Å². The highest BCUT2D eigenvalue weighted by molar-refractivity contribution is 6.08. The Morgan fingerprint density at radius 1 is 1.00 bits per heavy atom. The van der Waals surface area contributed by atoms with Gasteiger partial charge in [0.15, 0.2) is 11.5 Å². The molecule has 0 fully saturated rings. The first-order valence-corrected chi connectivity index (χ1v) is 12.3. The van der Waals surface area contributed by atoms with E-state index in [2.05, 4.69) is 5.32 Å². The standard InChI is InChI=1S/C30H31NO8/c1-18-23(12-19-13-26(36-3)30(27(14-19)37-4)39-11-9-29(33)34)22-8-7-20(35-2)15-25(22)24(18)16-28(32)31-17-21-6-5-10-38-21/h5-8,10,12-15H,9,11,16-17H2,1-4H3,(H,31,32)(H,33,34)/b23-12-. The average molecular weight is 534 g/mol. The fourth-order valence-electron chi connectivity index (χ4n) is 4.47. The summed E-state index contributed by atoms with van der Waals surface area (Å²) in [5.74, 6) is 1.46. The zero-order valence-electron chi connectivity index (χ0n) is 22.3. The normalized spacial score (nSPS) is 13.3. The second-order valence-electron chi connectivity index (χ2n) is 8.85. The second kappa shape index (κ2) is 12.3. The van der Waals surface area contributed by atoms with Gasteiger partial charge in [-0.3, -0.25) is 9.59 Å². The van der Waals surface area contributed by atoms with E-state index in [9.17, 15) is 9.59 Å². The third-order valence-electron chi connectivity index (χ3n) is 6.43. The Morgan fingerprint density at radius 3 is 2.36 bits per heavy atom. The van der Waals surface area contributed by atoms with Crippen molar-refractivity contribution in [2.75, 3.05) is 27.9 Å². The number of furan rings is 1. The lowest BCUT2D eigenvalue weighted by atomic mass is 10.00. The van der Waals surface area contributed by atoms with Crippen LogP contribution < -0.4 is 24.3 Å². The molecule has 1 aliphatic rings. The molecule has 0 radical (unpaired) electrons. The maximum absolute atomic E-state index is 12.9. The van der Waals surface area contributed by atoms with Gasteiger partial charge < -0.3 is 33.8 Å². The molecular weight excluding hydrogens is 502 g/mol. The molecule has 39 heavy (non-hydrogen) atoms. The lowest BCUT2D eigenvalue weighted by Gasteiger charge is -2.15. The first-order valence-electron chi connectivity index (χ1n) is 12.3. The van der Waals surface area contributed by atoms with E-state index < -0.39 is 5.97 Å². The Hall–Kier alpha value is -4.66. The lowest BCUT2D eigenvalue weighted by Crippen LogP contribution is -2.22. The van der Waals surface area contributed by atoms with Crippen LogP contribution in [0, 0.1) is 0 Å². The minimum atomic E-state index is -0.960. The second-order valence-corrected chi connectivity index (χ2v) is 8.85. The third kappa shape index (κ3) is 6.26. The van der Waals surface area contributed by atoms with Crippen LogP contribution in [0.1, 0.15) is 42.2 Å². The van der Waals surface area contributed by atoms with Gasteiger partial charge in [-0.2, -0.15) is 0 Å². The molecule has 4 rings (SSSR count). The number of methoxy groups -OCH3 is 3. The molecule has 1 amide bonds. The van der Waals surface area contributed by atoms with Gasteiger partial charge in [0.25, 0.3) is 0 Å². The highest BCUT2D eigenvalue weighted by atomic mass is 16.5. The van der Waals surface area contributed by atoms with Gasteiger partial charge in [-0.15, -0.1) is 0 Å². The molecule has 0 saturated heterocycles. The van der Waals surface area contributed by atoms with Crippen LogP contribution in [0.5, 0.6) is 23.0 Å². The van der Waals surface area contributed by atoms with Crippen molar-refractivity contribution in [2.45, 2.75) is 26.3 Å². The van der Waals surface area contributed by atoms with Gasteiger partial charge in [0, 0.05) is 0 Å². The number of benzene rings is 2. The number of carboxylic acid groups (broad SMARTS) is 1. The number of nitrogens with one attached hydrogen (secondary N) is 1. The van der Waals surface area contributed by atoms with E-state index in [-0.39, 0.29) is 25.4 Å². The predicted octanol–water partition coefficient (Wildman–Crippen LogP) is 5.19. The molecule has 2 aromatic carbocycles. The summed E-state index contributed by atoms with van der Waals surface area (Å²) in [5, 5.41) is 11.9. The summed E-state index contributed by atoms with van der Waals surface area (Å²) >= 11 is 0. The van der Waals surface area contributed by atoms with Crippen LogP contribution in [0.4, 0.5) is 0 Å². The number of fused-ring (bicyclic) bond motifs is 1. The Kier molecular flexibility index (Phi) is 8.60. The molecule has 3 aromatic rings. The predicted molar refractivity (Wildman–Crippen MR) is 146 cm³/mol. The van der Waals surface area contributed by atoms with E-state index >= 15 is 0 Å². The minimum absolute atomic E-state index is 0.0229. The average Bonchev–Trinajstić information content (AvgIpc) is 3.54. The number of amides is 1. The molecule has 0 spiro atoms. The summed E-state index contributed by atoms with van der Waals surface area (Å²) in [6, 6.07) is 13.0. The van der Waals surface area contributed by atoms with E-state index in [1.165, 1.54) is 14.2 Å². The maximum atomic E-state index is 12.9. The minimum Gasteiger partial charge on any atom is -0.497 e. The number of carbonyl (C=O) groups is 2. The van der Waals surface area contributed by atoms with Crippen LogP contribution in [0.25, 0.3) is 17.2 Å². The Labute approximate surface area is 226 Å². The Morgan fingerprint density at radius 2 is 1.74 bits per heavy atom. The molecule has 0 bridgehead atoms. The third-order valence-corrected chi connectivity index (χ3v) is 6.43. The highest BCUT2D eigenvalue weighted by Crippen LogP contribution is 2.46. The molecule has 0 unspecified atom stereocenters. The van der Waals surface area contributed by atoms with Crippen LogP contribution >= 0.6 is 0 Å². The summed E-state index contributed by atoms with van der Waals surface area (Å²) in [6.45, 7) is 2.28. The zero-order chi connectivity index (χ0) is 27.9. The quantitative estimate of drug-likeness (QED) is 0.327. The molecule has 9 heteroatoms.